The van der Waals surface area contributed by atoms with Gasteiger partial charge in [0, 0.05) is 25.0 Å². The molecular formula is C16H16ClF3N4O4S. The lowest BCUT2D eigenvalue weighted by Crippen LogP contribution is -2.61. The van der Waals surface area contributed by atoms with Crippen molar-refractivity contribution in [2.75, 3.05) is 37.8 Å². The first kappa shape index (κ1) is 21.5. The van der Waals surface area contributed by atoms with Crippen molar-refractivity contribution in [3.05, 3.63) is 22.8 Å². The van der Waals surface area contributed by atoms with Crippen molar-refractivity contribution in [3.8, 4) is 0 Å². The first-order valence-corrected chi connectivity index (χ1v) is 9.82. The van der Waals surface area contributed by atoms with Crippen LogP contribution in [-0.2, 0) is 25.3 Å². The quantitative estimate of drug-likeness (QED) is 0.676. The van der Waals surface area contributed by atoms with Gasteiger partial charge < -0.3 is 19.9 Å². The van der Waals surface area contributed by atoms with Gasteiger partial charge in [0.15, 0.2) is 5.37 Å². The van der Waals surface area contributed by atoms with E-state index in [1.807, 2.05) is 0 Å². The first-order chi connectivity index (χ1) is 13.6. The van der Waals surface area contributed by atoms with Gasteiger partial charge in [-0.3, -0.25) is 9.59 Å². The van der Waals surface area contributed by atoms with E-state index in [9.17, 15) is 27.6 Å². The number of thioether (sulfide) groups is 1. The summed E-state index contributed by atoms with van der Waals surface area (Å²) in [5.74, 6) is -0.950. The monoisotopic (exact) mass is 452 g/mol. The normalized spacial score (nSPS) is 22.0. The zero-order chi connectivity index (χ0) is 21.3. The third-order valence-corrected chi connectivity index (χ3v) is 5.99. The molecule has 0 aromatic carbocycles. The van der Waals surface area contributed by atoms with E-state index in [4.69, 9.17) is 11.6 Å². The summed E-state index contributed by atoms with van der Waals surface area (Å²) in [6.45, 7) is 0.0259. The number of amides is 2. The first-order valence-electron chi connectivity index (χ1n) is 8.39. The van der Waals surface area contributed by atoms with Gasteiger partial charge in [0.25, 0.3) is 0 Å². The lowest BCUT2D eigenvalue weighted by atomic mass is 10.1. The number of esters is 1. The van der Waals surface area contributed by atoms with Crippen LogP contribution in [0.4, 0.5) is 19.0 Å². The molecule has 2 amide bonds. The molecule has 2 aliphatic rings. The maximum atomic E-state index is 12.7. The summed E-state index contributed by atoms with van der Waals surface area (Å²) in [5, 5.41) is 1.72. The van der Waals surface area contributed by atoms with E-state index in [-0.39, 0.29) is 48.0 Å². The third-order valence-electron chi connectivity index (χ3n) is 4.46. The molecule has 0 radical (unpaired) electrons. The number of aromatic nitrogens is 1. The average molecular weight is 453 g/mol. The second kappa shape index (κ2) is 8.27. The Hall–Kier alpha value is -2.21. The fourth-order valence-corrected chi connectivity index (χ4v) is 4.60. The number of carbonyl (C=O) groups is 3. The summed E-state index contributed by atoms with van der Waals surface area (Å²) < 4.78 is 42.6. The molecule has 3 rings (SSSR count). The van der Waals surface area contributed by atoms with Crippen LogP contribution in [0, 0.1) is 0 Å². The number of piperazine rings is 1. The number of nitrogens with one attached hydrogen (secondary N) is 1. The molecule has 2 fully saturated rings. The number of fused-ring (bicyclic) bond motifs is 1. The van der Waals surface area contributed by atoms with Crippen molar-refractivity contribution >= 4 is 47.0 Å². The van der Waals surface area contributed by atoms with E-state index < -0.39 is 29.1 Å². The lowest BCUT2D eigenvalue weighted by molar-refractivity contribution is -0.159. The Balaban J connectivity index is 1.59. The largest absolute Gasteiger partial charge is 0.467 e. The second-order valence-corrected chi connectivity index (χ2v) is 7.78. The van der Waals surface area contributed by atoms with Gasteiger partial charge in [-0.25, -0.2) is 9.78 Å². The van der Waals surface area contributed by atoms with Gasteiger partial charge in [-0.05, 0) is 6.07 Å². The molecule has 1 aromatic rings. The van der Waals surface area contributed by atoms with Crippen molar-refractivity contribution in [3.63, 3.8) is 0 Å². The number of pyridine rings is 1. The zero-order valence-corrected chi connectivity index (χ0v) is 16.6. The van der Waals surface area contributed by atoms with Crippen LogP contribution in [-0.4, -0.2) is 76.5 Å². The van der Waals surface area contributed by atoms with E-state index in [2.05, 4.69) is 15.0 Å². The molecule has 13 heteroatoms. The molecule has 2 saturated heterocycles. The highest BCUT2D eigenvalue weighted by atomic mass is 35.5. The van der Waals surface area contributed by atoms with Crippen molar-refractivity contribution in [2.24, 2.45) is 0 Å². The van der Waals surface area contributed by atoms with Gasteiger partial charge in [0.2, 0.25) is 11.8 Å². The van der Waals surface area contributed by atoms with Crippen LogP contribution >= 0.6 is 23.4 Å². The predicted molar refractivity (Wildman–Crippen MR) is 98.2 cm³/mol. The van der Waals surface area contributed by atoms with Crippen molar-refractivity contribution in [1.29, 1.82) is 0 Å². The van der Waals surface area contributed by atoms with Gasteiger partial charge in [0.05, 0.1) is 24.2 Å². The Morgan fingerprint density at radius 3 is 2.79 bits per heavy atom. The number of hydrogen-bond donors (Lipinski definition) is 1. The molecule has 0 unspecified atom stereocenters. The minimum atomic E-state index is -4.55. The lowest BCUT2D eigenvalue weighted by Gasteiger charge is -2.37. The zero-order valence-electron chi connectivity index (χ0n) is 15.0. The van der Waals surface area contributed by atoms with Crippen molar-refractivity contribution in [2.45, 2.75) is 17.6 Å². The molecule has 29 heavy (non-hydrogen) atoms. The summed E-state index contributed by atoms with van der Waals surface area (Å²) in [5.41, 5.74) is -0.969. The van der Waals surface area contributed by atoms with Crippen LogP contribution in [0.3, 0.4) is 0 Å². The van der Waals surface area contributed by atoms with Crippen LogP contribution in [0.25, 0.3) is 0 Å². The Labute approximate surface area is 172 Å². The average Bonchev–Trinajstić information content (AvgIpc) is 3.11. The standard InChI is InChI=1S/C16H16ClF3N4O4S/c1-28-15(27)14-24-10(7-29-14)13(26)23(6-11(24)25)3-2-21-12-9(17)4-8(5-22-12)16(18,19)20/h4-5,10,14H,2-3,6-7H2,1H3,(H,21,22)/t10-,14-/m1/s1. The van der Waals surface area contributed by atoms with Crippen LogP contribution in [0.5, 0.6) is 0 Å². The van der Waals surface area contributed by atoms with Gasteiger partial charge in [-0.15, -0.1) is 11.8 Å². The third kappa shape index (κ3) is 4.37. The number of carbonyl (C=O) groups excluding carboxylic acids is 3. The van der Waals surface area contributed by atoms with E-state index in [0.717, 1.165) is 17.8 Å². The maximum absolute atomic E-state index is 12.7. The predicted octanol–water partition coefficient (Wildman–Crippen LogP) is 1.45. The minimum absolute atomic E-state index is 0.0410. The number of hydrogen-bond acceptors (Lipinski definition) is 7. The molecule has 8 nitrogen and oxygen atoms in total. The Bertz CT molecular complexity index is 841. The van der Waals surface area contributed by atoms with E-state index in [1.165, 1.54) is 16.9 Å². The molecule has 1 aromatic heterocycles. The van der Waals surface area contributed by atoms with E-state index >= 15 is 0 Å². The highest BCUT2D eigenvalue weighted by molar-refractivity contribution is 8.00. The van der Waals surface area contributed by atoms with Gasteiger partial charge >= 0.3 is 12.1 Å². The molecule has 2 atom stereocenters. The maximum Gasteiger partial charge on any atom is 0.417 e. The fraction of sp³-hybridized carbons (Fsp3) is 0.500. The van der Waals surface area contributed by atoms with Gasteiger partial charge in [0.1, 0.15) is 11.9 Å². The Kier molecular flexibility index (Phi) is 6.13. The van der Waals surface area contributed by atoms with Crippen LogP contribution in [0.1, 0.15) is 5.56 Å². The summed E-state index contributed by atoms with van der Waals surface area (Å²) in [6.07, 6.45) is -3.90. The van der Waals surface area contributed by atoms with E-state index in [1.54, 1.807) is 0 Å². The fourth-order valence-electron chi connectivity index (χ4n) is 3.04. The van der Waals surface area contributed by atoms with Gasteiger partial charge in [-0.1, -0.05) is 11.6 Å². The Morgan fingerprint density at radius 1 is 1.45 bits per heavy atom. The molecule has 0 spiro atoms. The van der Waals surface area contributed by atoms with Crippen molar-refractivity contribution in [1.82, 2.24) is 14.8 Å². The molecule has 3 heterocycles. The molecule has 1 N–H and O–H groups in total. The van der Waals surface area contributed by atoms with Crippen LogP contribution < -0.4 is 5.32 Å². The summed E-state index contributed by atoms with van der Waals surface area (Å²) in [6, 6.07) is 0.00526. The summed E-state index contributed by atoms with van der Waals surface area (Å²) in [7, 11) is 1.21. The number of halogens is 4. The minimum Gasteiger partial charge on any atom is -0.467 e. The molecule has 2 aliphatic heterocycles. The molecule has 158 valence electrons. The number of nitrogens with zero attached hydrogens (tertiary/aromatic N) is 3. The number of anilines is 1. The number of methoxy groups -OCH3 is 1. The number of ether oxygens (including phenoxy) is 1. The smallest absolute Gasteiger partial charge is 0.417 e. The summed E-state index contributed by atoms with van der Waals surface area (Å²) in [4.78, 5) is 43.1. The van der Waals surface area contributed by atoms with Crippen LogP contribution in [0.15, 0.2) is 12.3 Å². The molecule has 0 aliphatic carbocycles. The molecular weight excluding hydrogens is 437 g/mol. The highest BCUT2D eigenvalue weighted by Crippen LogP contribution is 2.34. The van der Waals surface area contributed by atoms with E-state index in [0.29, 0.717) is 6.20 Å². The second-order valence-electron chi connectivity index (χ2n) is 6.26. The topological polar surface area (TPSA) is 91.8 Å². The SMILES string of the molecule is COC(=O)[C@H]1SC[C@@H]2C(=O)N(CCNc3ncc(C(F)(F)F)cc3Cl)CC(=O)N21. The number of alkyl halides is 3. The molecule has 0 bridgehead atoms. The van der Waals surface area contributed by atoms with Crippen LogP contribution in [0.2, 0.25) is 5.02 Å². The molecule has 0 saturated carbocycles. The highest BCUT2D eigenvalue weighted by Gasteiger charge is 2.50. The van der Waals surface area contributed by atoms with Gasteiger partial charge in [-0.2, -0.15) is 13.2 Å². The number of rotatable bonds is 5. The van der Waals surface area contributed by atoms with Crippen molar-refractivity contribution < 1.29 is 32.3 Å². The summed E-state index contributed by atoms with van der Waals surface area (Å²) >= 11 is 6.99. The Morgan fingerprint density at radius 2 is 2.17 bits per heavy atom.